The van der Waals surface area contributed by atoms with Crippen LogP contribution in [0, 0.1) is 34.5 Å². The topological polar surface area (TPSA) is 0 Å². The molecule has 4 fully saturated rings. The van der Waals surface area contributed by atoms with Crippen LogP contribution in [0.5, 0.6) is 0 Å². The molecule has 0 aliphatic heterocycles. The van der Waals surface area contributed by atoms with Gasteiger partial charge in [0.05, 0.1) is 0 Å². The van der Waals surface area contributed by atoms with E-state index in [1.807, 2.05) is 0 Å². The van der Waals surface area contributed by atoms with E-state index in [2.05, 4.69) is 20.4 Å². The summed E-state index contributed by atoms with van der Waals surface area (Å²) >= 11 is 0. The third-order valence-corrected chi connectivity index (χ3v) is 8.40. The standard InChI is InChI=1S/C20H32/c1-14-8-12-20(3)15(13-14)6-7-16-17-5-4-10-19(17,2)11-9-18(16)20/h15-18H,1,4-13H2,2-3H3/t15-,16?,17?,18?,19?,20?/m0/s1. The van der Waals surface area contributed by atoms with E-state index in [-0.39, 0.29) is 0 Å². The van der Waals surface area contributed by atoms with Gasteiger partial charge in [0, 0.05) is 0 Å². The third-order valence-electron chi connectivity index (χ3n) is 8.40. The summed E-state index contributed by atoms with van der Waals surface area (Å²) in [6, 6.07) is 0. The molecule has 0 aromatic heterocycles. The van der Waals surface area contributed by atoms with Crippen LogP contribution in [0.1, 0.15) is 78.1 Å². The second kappa shape index (κ2) is 4.37. The molecule has 5 unspecified atom stereocenters. The van der Waals surface area contributed by atoms with Crippen molar-refractivity contribution >= 4 is 0 Å². The van der Waals surface area contributed by atoms with Crippen LogP contribution in [0.15, 0.2) is 12.2 Å². The first-order chi connectivity index (χ1) is 9.53. The van der Waals surface area contributed by atoms with Crippen molar-refractivity contribution in [2.24, 2.45) is 34.5 Å². The zero-order valence-corrected chi connectivity index (χ0v) is 13.6. The molecule has 4 rings (SSSR count). The van der Waals surface area contributed by atoms with E-state index in [0.717, 1.165) is 29.1 Å². The minimum absolute atomic E-state index is 0.661. The molecule has 0 heteroatoms. The molecule has 0 nitrogen and oxygen atoms in total. The highest BCUT2D eigenvalue weighted by atomic mass is 14.6. The predicted molar refractivity (Wildman–Crippen MR) is 85.5 cm³/mol. The van der Waals surface area contributed by atoms with E-state index in [9.17, 15) is 0 Å². The van der Waals surface area contributed by atoms with Gasteiger partial charge in [0.25, 0.3) is 0 Å². The molecule has 0 radical (unpaired) electrons. The van der Waals surface area contributed by atoms with Gasteiger partial charge in [-0.3, -0.25) is 0 Å². The number of hydrogen-bond donors (Lipinski definition) is 0. The zero-order chi connectivity index (χ0) is 14.0. The molecule has 0 heterocycles. The van der Waals surface area contributed by atoms with Gasteiger partial charge in [0.15, 0.2) is 0 Å². The lowest BCUT2D eigenvalue weighted by molar-refractivity contribution is -0.0963. The van der Waals surface area contributed by atoms with Crippen molar-refractivity contribution in [1.29, 1.82) is 0 Å². The van der Waals surface area contributed by atoms with Crippen LogP contribution in [0.3, 0.4) is 0 Å². The summed E-state index contributed by atoms with van der Waals surface area (Å²) in [5.74, 6) is 4.16. The number of rotatable bonds is 0. The maximum atomic E-state index is 4.30. The molecular weight excluding hydrogens is 240 g/mol. The second-order valence-electron chi connectivity index (χ2n) is 9.20. The van der Waals surface area contributed by atoms with E-state index < -0.39 is 0 Å². The van der Waals surface area contributed by atoms with Crippen molar-refractivity contribution in [2.45, 2.75) is 78.1 Å². The summed E-state index contributed by atoms with van der Waals surface area (Å²) in [4.78, 5) is 0. The predicted octanol–water partition coefficient (Wildman–Crippen LogP) is 5.98. The molecule has 4 aliphatic rings. The van der Waals surface area contributed by atoms with Gasteiger partial charge in [0.1, 0.15) is 0 Å². The summed E-state index contributed by atoms with van der Waals surface area (Å²) in [5, 5.41) is 0. The van der Waals surface area contributed by atoms with Gasteiger partial charge in [-0.25, -0.2) is 0 Å². The highest BCUT2D eigenvalue weighted by molar-refractivity contribution is 5.12. The number of fused-ring (bicyclic) bond motifs is 5. The van der Waals surface area contributed by atoms with Crippen molar-refractivity contribution < 1.29 is 0 Å². The maximum absolute atomic E-state index is 4.30. The lowest BCUT2D eigenvalue weighted by atomic mass is 9.45. The van der Waals surface area contributed by atoms with E-state index in [1.165, 1.54) is 51.4 Å². The molecule has 112 valence electrons. The van der Waals surface area contributed by atoms with Crippen molar-refractivity contribution in [3.05, 3.63) is 12.2 Å². The normalized spacial score (nSPS) is 55.0. The Balaban J connectivity index is 1.64. The average Bonchev–Trinajstić information content (AvgIpc) is 2.81. The average molecular weight is 272 g/mol. The Kier molecular flexibility index (Phi) is 2.93. The van der Waals surface area contributed by atoms with Gasteiger partial charge < -0.3 is 0 Å². The molecule has 4 aliphatic carbocycles. The highest BCUT2D eigenvalue weighted by Gasteiger charge is 2.57. The Morgan fingerprint density at radius 2 is 1.80 bits per heavy atom. The smallest absolute Gasteiger partial charge is 0.0260 e. The van der Waals surface area contributed by atoms with Crippen LogP contribution in [-0.4, -0.2) is 0 Å². The first kappa shape index (κ1) is 13.4. The molecule has 0 amide bonds. The fourth-order valence-electron chi connectivity index (χ4n) is 7.15. The lowest BCUT2D eigenvalue weighted by Crippen LogP contribution is -2.51. The molecule has 0 saturated heterocycles. The zero-order valence-electron chi connectivity index (χ0n) is 13.6. The number of hydrogen-bond acceptors (Lipinski definition) is 0. The van der Waals surface area contributed by atoms with E-state index >= 15 is 0 Å². The van der Waals surface area contributed by atoms with Gasteiger partial charge >= 0.3 is 0 Å². The SMILES string of the molecule is C=C1CCC2(C)C3CCC4(C)CCCC4C3CC[C@H]2C1. The van der Waals surface area contributed by atoms with Crippen LogP contribution >= 0.6 is 0 Å². The minimum atomic E-state index is 0.661. The van der Waals surface area contributed by atoms with Crippen LogP contribution in [0.2, 0.25) is 0 Å². The third kappa shape index (κ3) is 1.72. The largest absolute Gasteiger partial charge is 0.0999 e. The van der Waals surface area contributed by atoms with E-state index in [4.69, 9.17) is 0 Å². The first-order valence-corrected chi connectivity index (χ1v) is 9.20. The van der Waals surface area contributed by atoms with Crippen LogP contribution in [-0.2, 0) is 0 Å². The van der Waals surface area contributed by atoms with Crippen molar-refractivity contribution in [3.8, 4) is 0 Å². The quantitative estimate of drug-likeness (QED) is 0.476. The molecule has 0 bridgehead atoms. The molecule has 0 aromatic rings. The summed E-state index contributed by atoms with van der Waals surface area (Å²) < 4.78 is 0. The summed E-state index contributed by atoms with van der Waals surface area (Å²) in [7, 11) is 0. The lowest BCUT2D eigenvalue weighted by Gasteiger charge is -2.60. The van der Waals surface area contributed by atoms with E-state index in [0.29, 0.717) is 5.41 Å². The van der Waals surface area contributed by atoms with Gasteiger partial charge in [-0.15, -0.1) is 0 Å². The molecule has 0 N–H and O–H groups in total. The Morgan fingerprint density at radius 3 is 2.65 bits per heavy atom. The summed E-state index contributed by atoms with van der Waals surface area (Å²) in [6.45, 7) is 9.59. The fraction of sp³-hybridized carbons (Fsp3) is 0.900. The monoisotopic (exact) mass is 272 g/mol. The van der Waals surface area contributed by atoms with Gasteiger partial charge in [0.2, 0.25) is 0 Å². The molecule has 0 aromatic carbocycles. The first-order valence-electron chi connectivity index (χ1n) is 9.20. The Hall–Kier alpha value is -0.260. The minimum Gasteiger partial charge on any atom is -0.0999 e. The highest BCUT2D eigenvalue weighted by Crippen LogP contribution is 2.66. The fourth-order valence-corrected chi connectivity index (χ4v) is 7.15. The summed E-state index contributed by atoms with van der Waals surface area (Å²) in [6.07, 6.45) is 14.8. The van der Waals surface area contributed by atoms with Gasteiger partial charge in [-0.1, -0.05) is 32.4 Å². The van der Waals surface area contributed by atoms with Crippen molar-refractivity contribution in [2.75, 3.05) is 0 Å². The Labute approximate surface area is 125 Å². The maximum Gasteiger partial charge on any atom is -0.0260 e. The Morgan fingerprint density at radius 1 is 0.950 bits per heavy atom. The van der Waals surface area contributed by atoms with Crippen LogP contribution < -0.4 is 0 Å². The van der Waals surface area contributed by atoms with Crippen molar-refractivity contribution in [3.63, 3.8) is 0 Å². The molecule has 20 heavy (non-hydrogen) atoms. The Bertz CT molecular complexity index is 422. The molecular formula is C20H32. The van der Waals surface area contributed by atoms with Gasteiger partial charge in [-0.2, -0.15) is 0 Å². The van der Waals surface area contributed by atoms with Gasteiger partial charge in [-0.05, 0) is 92.3 Å². The van der Waals surface area contributed by atoms with Crippen molar-refractivity contribution in [1.82, 2.24) is 0 Å². The molecule has 4 saturated carbocycles. The number of allylic oxidation sites excluding steroid dienone is 1. The summed E-state index contributed by atoms with van der Waals surface area (Å²) in [5.41, 5.74) is 2.93. The van der Waals surface area contributed by atoms with Crippen LogP contribution in [0.4, 0.5) is 0 Å². The second-order valence-corrected chi connectivity index (χ2v) is 9.20. The molecule has 6 atom stereocenters. The van der Waals surface area contributed by atoms with E-state index in [1.54, 1.807) is 18.4 Å². The van der Waals surface area contributed by atoms with Crippen LogP contribution in [0.25, 0.3) is 0 Å². The molecule has 0 spiro atoms.